The standard InChI is InChI=1S/C12H21N3O/c1-6-9-8-10(13-4)15-11(14-9)12(3,7-2)16-5/h8H,6-7H2,1-5H3,(H,13,14,15). The van der Waals surface area contributed by atoms with Crippen LogP contribution in [-0.2, 0) is 16.8 Å². The number of methoxy groups -OCH3 is 1. The number of aryl methyl sites for hydroxylation is 1. The number of hydrogen-bond donors (Lipinski definition) is 1. The van der Waals surface area contributed by atoms with Crippen molar-refractivity contribution in [3.8, 4) is 0 Å². The molecule has 0 aromatic carbocycles. The Hall–Kier alpha value is -1.16. The number of ether oxygens (including phenoxy) is 1. The van der Waals surface area contributed by atoms with Gasteiger partial charge in [-0.3, -0.25) is 0 Å². The summed E-state index contributed by atoms with van der Waals surface area (Å²) in [6.45, 7) is 6.17. The van der Waals surface area contributed by atoms with Crippen LogP contribution in [0.5, 0.6) is 0 Å². The molecule has 0 aliphatic heterocycles. The minimum absolute atomic E-state index is 0.406. The van der Waals surface area contributed by atoms with E-state index in [4.69, 9.17) is 4.74 Å². The molecule has 0 spiro atoms. The second-order valence-electron chi connectivity index (χ2n) is 3.96. The van der Waals surface area contributed by atoms with E-state index in [1.165, 1.54) is 0 Å². The molecule has 1 heterocycles. The molecule has 0 fully saturated rings. The van der Waals surface area contributed by atoms with Crippen LogP contribution in [0.25, 0.3) is 0 Å². The molecule has 0 saturated heterocycles. The van der Waals surface area contributed by atoms with Gasteiger partial charge in [-0.15, -0.1) is 0 Å². The zero-order chi connectivity index (χ0) is 12.2. The molecule has 4 nitrogen and oxygen atoms in total. The SMILES string of the molecule is CCc1cc(NC)nc(C(C)(CC)OC)n1. The van der Waals surface area contributed by atoms with Gasteiger partial charge in [-0.2, -0.15) is 0 Å². The lowest BCUT2D eigenvalue weighted by Gasteiger charge is -2.25. The van der Waals surface area contributed by atoms with Gasteiger partial charge in [-0.05, 0) is 19.8 Å². The van der Waals surface area contributed by atoms with Crippen molar-refractivity contribution in [2.75, 3.05) is 19.5 Å². The molecule has 4 heteroatoms. The third-order valence-corrected chi connectivity index (χ3v) is 3.00. The van der Waals surface area contributed by atoms with Gasteiger partial charge in [0.15, 0.2) is 5.82 Å². The van der Waals surface area contributed by atoms with Crippen molar-refractivity contribution >= 4 is 5.82 Å². The molecule has 1 N–H and O–H groups in total. The molecule has 90 valence electrons. The lowest BCUT2D eigenvalue weighted by molar-refractivity contribution is -0.00902. The molecule has 0 radical (unpaired) electrons. The molecule has 0 amide bonds. The fourth-order valence-electron chi connectivity index (χ4n) is 1.44. The van der Waals surface area contributed by atoms with Crippen LogP contribution in [0.15, 0.2) is 6.07 Å². The van der Waals surface area contributed by atoms with Gasteiger partial charge in [0, 0.05) is 25.9 Å². The summed E-state index contributed by atoms with van der Waals surface area (Å²) in [5, 5.41) is 3.06. The molecule has 16 heavy (non-hydrogen) atoms. The van der Waals surface area contributed by atoms with E-state index in [-0.39, 0.29) is 0 Å². The minimum Gasteiger partial charge on any atom is -0.373 e. The number of nitrogens with zero attached hydrogens (tertiary/aromatic N) is 2. The van der Waals surface area contributed by atoms with E-state index in [1.54, 1.807) is 7.11 Å². The zero-order valence-electron chi connectivity index (χ0n) is 10.8. The average Bonchev–Trinajstić information content (AvgIpc) is 2.36. The Balaban J connectivity index is 3.21. The highest BCUT2D eigenvalue weighted by Crippen LogP contribution is 2.26. The first-order valence-electron chi connectivity index (χ1n) is 5.71. The Bertz CT molecular complexity index is 326. The van der Waals surface area contributed by atoms with Crippen LogP contribution in [0, 0.1) is 0 Å². The summed E-state index contributed by atoms with van der Waals surface area (Å²) in [4.78, 5) is 9.00. The molecule has 1 aromatic heterocycles. The summed E-state index contributed by atoms with van der Waals surface area (Å²) in [6.07, 6.45) is 1.74. The van der Waals surface area contributed by atoms with E-state index in [9.17, 15) is 0 Å². The van der Waals surface area contributed by atoms with E-state index >= 15 is 0 Å². The predicted octanol–water partition coefficient (Wildman–Crippen LogP) is 2.35. The molecule has 1 aromatic rings. The van der Waals surface area contributed by atoms with Crippen LogP contribution in [0.2, 0.25) is 0 Å². The molecule has 0 aliphatic carbocycles. The van der Waals surface area contributed by atoms with Gasteiger partial charge in [-0.1, -0.05) is 13.8 Å². The second kappa shape index (κ2) is 5.25. The molecule has 1 atom stereocenters. The Morgan fingerprint density at radius 2 is 2.06 bits per heavy atom. The van der Waals surface area contributed by atoms with Crippen molar-refractivity contribution in [1.29, 1.82) is 0 Å². The summed E-state index contributed by atoms with van der Waals surface area (Å²) in [5.74, 6) is 1.60. The summed E-state index contributed by atoms with van der Waals surface area (Å²) in [7, 11) is 3.56. The third kappa shape index (κ3) is 2.50. The number of hydrogen-bond acceptors (Lipinski definition) is 4. The highest BCUT2D eigenvalue weighted by Gasteiger charge is 2.28. The first kappa shape index (κ1) is 12.9. The van der Waals surface area contributed by atoms with Gasteiger partial charge in [0.1, 0.15) is 11.4 Å². The molecule has 0 bridgehead atoms. The largest absolute Gasteiger partial charge is 0.373 e. The van der Waals surface area contributed by atoms with Crippen molar-refractivity contribution in [3.05, 3.63) is 17.6 Å². The molecular formula is C12H21N3O. The van der Waals surface area contributed by atoms with Gasteiger partial charge in [0.25, 0.3) is 0 Å². The normalized spacial score (nSPS) is 14.6. The summed E-state index contributed by atoms with van der Waals surface area (Å²) in [6, 6.07) is 1.97. The number of nitrogens with one attached hydrogen (secondary N) is 1. The van der Waals surface area contributed by atoms with Crippen molar-refractivity contribution in [3.63, 3.8) is 0 Å². The Morgan fingerprint density at radius 1 is 1.38 bits per heavy atom. The smallest absolute Gasteiger partial charge is 0.162 e. The molecule has 1 unspecified atom stereocenters. The topological polar surface area (TPSA) is 47.0 Å². The van der Waals surface area contributed by atoms with Crippen LogP contribution >= 0.6 is 0 Å². The Morgan fingerprint density at radius 3 is 2.50 bits per heavy atom. The highest BCUT2D eigenvalue weighted by atomic mass is 16.5. The lowest BCUT2D eigenvalue weighted by atomic mass is 10.0. The fraction of sp³-hybridized carbons (Fsp3) is 0.667. The molecular weight excluding hydrogens is 202 g/mol. The van der Waals surface area contributed by atoms with Crippen LogP contribution in [-0.4, -0.2) is 24.1 Å². The Labute approximate surface area is 97.5 Å². The van der Waals surface area contributed by atoms with Crippen LogP contribution in [0.3, 0.4) is 0 Å². The van der Waals surface area contributed by atoms with Gasteiger partial charge < -0.3 is 10.1 Å². The monoisotopic (exact) mass is 223 g/mol. The van der Waals surface area contributed by atoms with Crippen molar-refractivity contribution in [1.82, 2.24) is 9.97 Å². The number of anilines is 1. The van der Waals surface area contributed by atoms with Gasteiger partial charge in [0.2, 0.25) is 0 Å². The maximum Gasteiger partial charge on any atom is 0.162 e. The molecule has 0 aliphatic rings. The maximum absolute atomic E-state index is 5.52. The summed E-state index contributed by atoms with van der Waals surface area (Å²) < 4.78 is 5.52. The third-order valence-electron chi connectivity index (χ3n) is 3.00. The summed E-state index contributed by atoms with van der Waals surface area (Å²) >= 11 is 0. The second-order valence-corrected chi connectivity index (χ2v) is 3.96. The molecule has 0 saturated carbocycles. The van der Waals surface area contributed by atoms with E-state index in [0.717, 1.165) is 30.2 Å². The number of aromatic nitrogens is 2. The number of rotatable bonds is 5. The van der Waals surface area contributed by atoms with E-state index < -0.39 is 5.60 Å². The minimum atomic E-state index is -0.406. The summed E-state index contributed by atoms with van der Waals surface area (Å²) in [5.41, 5.74) is 0.627. The van der Waals surface area contributed by atoms with Crippen molar-refractivity contribution in [2.24, 2.45) is 0 Å². The van der Waals surface area contributed by atoms with Crippen LogP contribution < -0.4 is 5.32 Å². The van der Waals surface area contributed by atoms with Crippen molar-refractivity contribution in [2.45, 2.75) is 39.2 Å². The lowest BCUT2D eigenvalue weighted by Crippen LogP contribution is -2.27. The van der Waals surface area contributed by atoms with Gasteiger partial charge in [-0.25, -0.2) is 9.97 Å². The van der Waals surface area contributed by atoms with Gasteiger partial charge >= 0.3 is 0 Å². The first-order chi connectivity index (χ1) is 7.59. The van der Waals surface area contributed by atoms with Crippen LogP contribution in [0.4, 0.5) is 5.82 Å². The highest BCUT2D eigenvalue weighted by molar-refractivity contribution is 5.36. The van der Waals surface area contributed by atoms with E-state index in [2.05, 4.69) is 29.1 Å². The molecule has 1 rings (SSSR count). The van der Waals surface area contributed by atoms with E-state index in [0.29, 0.717) is 0 Å². The fourth-order valence-corrected chi connectivity index (χ4v) is 1.44. The maximum atomic E-state index is 5.52. The average molecular weight is 223 g/mol. The zero-order valence-corrected chi connectivity index (χ0v) is 10.8. The van der Waals surface area contributed by atoms with Crippen LogP contribution in [0.1, 0.15) is 38.7 Å². The van der Waals surface area contributed by atoms with Gasteiger partial charge in [0.05, 0.1) is 0 Å². The van der Waals surface area contributed by atoms with Crippen molar-refractivity contribution < 1.29 is 4.74 Å². The first-order valence-corrected chi connectivity index (χ1v) is 5.71. The Kier molecular flexibility index (Phi) is 4.24. The predicted molar refractivity (Wildman–Crippen MR) is 65.6 cm³/mol. The quantitative estimate of drug-likeness (QED) is 0.832. The van der Waals surface area contributed by atoms with E-state index in [1.807, 2.05) is 20.0 Å².